The van der Waals surface area contributed by atoms with Gasteiger partial charge in [0, 0.05) is 5.39 Å². The Morgan fingerprint density at radius 3 is 2.59 bits per heavy atom. The van der Waals surface area contributed by atoms with Crippen molar-refractivity contribution in [2.24, 2.45) is 0 Å². The number of carboxylic acids is 1. The lowest BCUT2D eigenvalue weighted by Crippen LogP contribution is -2.13. The normalized spacial score (nSPS) is 11.0. The van der Waals surface area contributed by atoms with Crippen LogP contribution in [0.15, 0.2) is 29.1 Å². The number of aromatic carboxylic acids is 1. The lowest BCUT2D eigenvalue weighted by atomic mass is 10.00. The van der Waals surface area contributed by atoms with Gasteiger partial charge in [-0.2, -0.15) is 0 Å². The predicted molar refractivity (Wildman–Crippen MR) is 65.6 cm³/mol. The molecule has 0 bridgehead atoms. The zero-order valence-electron chi connectivity index (χ0n) is 9.65. The van der Waals surface area contributed by atoms with Gasteiger partial charge in [0.1, 0.15) is 5.69 Å². The monoisotopic (exact) mass is 231 g/mol. The molecule has 88 valence electrons. The third kappa shape index (κ3) is 2.06. The number of H-pyrrole nitrogens is 1. The Bertz CT molecular complexity index is 641. The minimum Gasteiger partial charge on any atom is -0.477 e. The average Bonchev–Trinajstić information content (AvgIpc) is 2.28. The van der Waals surface area contributed by atoms with Gasteiger partial charge in [0.05, 0.1) is 0 Å². The molecule has 0 unspecified atom stereocenters. The number of rotatable bonds is 2. The summed E-state index contributed by atoms with van der Waals surface area (Å²) in [6.07, 6.45) is 0. The van der Waals surface area contributed by atoms with Gasteiger partial charge in [-0.05, 0) is 29.0 Å². The number of carboxylic acid groups (broad SMARTS) is 1. The lowest BCUT2D eigenvalue weighted by molar-refractivity contribution is 0.0690. The second-order valence-electron chi connectivity index (χ2n) is 4.32. The topological polar surface area (TPSA) is 70.2 Å². The third-order valence-corrected chi connectivity index (χ3v) is 2.77. The highest BCUT2D eigenvalue weighted by atomic mass is 16.4. The van der Waals surface area contributed by atoms with Crippen molar-refractivity contribution in [3.8, 4) is 0 Å². The minimum atomic E-state index is -1.13. The number of benzene rings is 1. The van der Waals surface area contributed by atoms with Gasteiger partial charge in [-0.15, -0.1) is 0 Å². The predicted octanol–water partition coefficient (Wildman–Crippen LogP) is 2.35. The molecule has 0 amide bonds. The maximum Gasteiger partial charge on any atom is 0.352 e. The first-order valence-corrected chi connectivity index (χ1v) is 5.39. The van der Waals surface area contributed by atoms with Gasteiger partial charge in [0.2, 0.25) is 0 Å². The largest absolute Gasteiger partial charge is 0.477 e. The van der Waals surface area contributed by atoms with E-state index in [2.05, 4.69) is 4.98 Å². The highest BCUT2D eigenvalue weighted by Crippen LogP contribution is 2.19. The number of aromatic amines is 1. The van der Waals surface area contributed by atoms with Crippen LogP contribution in [0.4, 0.5) is 0 Å². The summed E-state index contributed by atoms with van der Waals surface area (Å²) < 4.78 is 0. The summed E-state index contributed by atoms with van der Waals surface area (Å²) in [5, 5.41) is 10.0. The molecular weight excluding hydrogens is 218 g/mol. The highest BCUT2D eigenvalue weighted by Gasteiger charge is 2.09. The van der Waals surface area contributed by atoms with Crippen molar-refractivity contribution in [2.45, 2.75) is 19.8 Å². The third-order valence-electron chi connectivity index (χ3n) is 2.77. The van der Waals surface area contributed by atoms with Crippen LogP contribution in [0.3, 0.4) is 0 Å². The van der Waals surface area contributed by atoms with Crippen molar-refractivity contribution < 1.29 is 9.90 Å². The van der Waals surface area contributed by atoms with E-state index in [1.807, 2.05) is 26.0 Å². The van der Waals surface area contributed by atoms with E-state index in [0.29, 0.717) is 16.7 Å². The molecule has 17 heavy (non-hydrogen) atoms. The van der Waals surface area contributed by atoms with Crippen LogP contribution in [0.2, 0.25) is 0 Å². The van der Waals surface area contributed by atoms with Crippen LogP contribution in [0, 0.1) is 0 Å². The second-order valence-corrected chi connectivity index (χ2v) is 4.32. The molecule has 1 heterocycles. The standard InChI is InChI=1S/C13H13NO3/c1-7(2)8-3-4-9-6-11(13(16)17)14-12(15)10(9)5-8/h3-7H,1-2H3,(H,14,15)(H,16,17). The van der Waals surface area contributed by atoms with Crippen molar-refractivity contribution in [3.63, 3.8) is 0 Å². The van der Waals surface area contributed by atoms with E-state index >= 15 is 0 Å². The van der Waals surface area contributed by atoms with Crippen LogP contribution in [0.25, 0.3) is 10.8 Å². The fraction of sp³-hybridized carbons (Fsp3) is 0.231. The summed E-state index contributed by atoms with van der Waals surface area (Å²) in [7, 11) is 0. The van der Waals surface area contributed by atoms with Crippen molar-refractivity contribution in [1.29, 1.82) is 0 Å². The van der Waals surface area contributed by atoms with E-state index in [-0.39, 0.29) is 11.3 Å². The number of carbonyl (C=O) groups is 1. The molecular formula is C13H13NO3. The summed E-state index contributed by atoms with van der Waals surface area (Å²) in [5.41, 5.74) is 0.619. The van der Waals surface area contributed by atoms with E-state index < -0.39 is 5.97 Å². The van der Waals surface area contributed by atoms with Gasteiger partial charge in [-0.1, -0.05) is 26.0 Å². The Labute approximate surface area is 97.9 Å². The molecule has 2 aromatic rings. The molecule has 2 rings (SSSR count). The van der Waals surface area contributed by atoms with Gasteiger partial charge in [-0.3, -0.25) is 4.79 Å². The Morgan fingerprint density at radius 1 is 1.29 bits per heavy atom. The molecule has 4 nitrogen and oxygen atoms in total. The second kappa shape index (κ2) is 4.05. The summed E-state index contributed by atoms with van der Waals surface area (Å²) in [4.78, 5) is 24.9. The fourth-order valence-electron chi connectivity index (χ4n) is 1.75. The Morgan fingerprint density at radius 2 is 2.00 bits per heavy atom. The smallest absolute Gasteiger partial charge is 0.352 e. The molecule has 0 spiro atoms. The van der Waals surface area contributed by atoms with Crippen molar-refractivity contribution >= 4 is 16.7 Å². The lowest BCUT2D eigenvalue weighted by Gasteiger charge is -2.06. The summed E-state index contributed by atoms with van der Waals surface area (Å²) in [6.45, 7) is 4.09. The quantitative estimate of drug-likeness (QED) is 0.833. The summed E-state index contributed by atoms with van der Waals surface area (Å²) >= 11 is 0. The SMILES string of the molecule is CC(C)c1ccc2cc(C(=O)O)[nH]c(=O)c2c1. The number of pyridine rings is 1. The molecule has 0 aliphatic rings. The van der Waals surface area contributed by atoms with E-state index in [1.54, 1.807) is 6.07 Å². The van der Waals surface area contributed by atoms with E-state index in [1.165, 1.54) is 6.07 Å². The van der Waals surface area contributed by atoms with Crippen LogP contribution in [-0.2, 0) is 0 Å². The number of hydrogen-bond acceptors (Lipinski definition) is 2. The van der Waals surface area contributed by atoms with E-state index in [9.17, 15) is 9.59 Å². The zero-order chi connectivity index (χ0) is 12.6. The van der Waals surface area contributed by atoms with Gasteiger partial charge in [-0.25, -0.2) is 4.79 Å². The molecule has 0 aliphatic carbocycles. The molecule has 0 saturated carbocycles. The van der Waals surface area contributed by atoms with E-state index in [4.69, 9.17) is 5.11 Å². The molecule has 4 heteroatoms. The number of nitrogens with one attached hydrogen (secondary N) is 1. The van der Waals surface area contributed by atoms with Crippen LogP contribution in [-0.4, -0.2) is 16.1 Å². The van der Waals surface area contributed by atoms with Crippen molar-refractivity contribution in [2.75, 3.05) is 0 Å². The van der Waals surface area contributed by atoms with Crippen LogP contribution < -0.4 is 5.56 Å². The van der Waals surface area contributed by atoms with Gasteiger partial charge in [0.15, 0.2) is 0 Å². The Hall–Kier alpha value is -2.10. The van der Waals surface area contributed by atoms with Crippen molar-refractivity contribution in [1.82, 2.24) is 4.98 Å². The molecule has 2 N–H and O–H groups in total. The summed E-state index contributed by atoms with van der Waals surface area (Å²) in [5.74, 6) is -0.796. The maximum absolute atomic E-state index is 11.8. The molecule has 0 aliphatic heterocycles. The van der Waals surface area contributed by atoms with Gasteiger partial charge in [0.25, 0.3) is 5.56 Å². The number of fused-ring (bicyclic) bond motifs is 1. The molecule has 1 aromatic heterocycles. The van der Waals surface area contributed by atoms with Crippen LogP contribution in [0.5, 0.6) is 0 Å². The first-order valence-electron chi connectivity index (χ1n) is 5.39. The summed E-state index contributed by atoms with van der Waals surface area (Å²) in [6, 6.07) is 6.98. The minimum absolute atomic E-state index is 0.0835. The zero-order valence-corrected chi connectivity index (χ0v) is 9.65. The first-order chi connectivity index (χ1) is 7.99. The fourth-order valence-corrected chi connectivity index (χ4v) is 1.75. The molecule has 0 radical (unpaired) electrons. The molecule has 1 aromatic carbocycles. The molecule has 0 fully saturated rings. The number of aromatic nitrogens is 1. The number of hydrogen-bond donors (Lipinski definition) is 2. The Kier molecular flexibility index (Phi) is 2.71. The van der Waals surface area contributed by atoms with Gasteiger partial charge < -0.3 is 10.1 Å². The Balaban J connectivity index is 2.73. The first kappa shape index (κ1) is 11.4. The highest BCUT2D eigenvalue weighted by molar-refractivity contribution is 5.92. The molecule has 0 saturated heterocycles. The van der Waals surface area contributed by atoms with Crippen molar-refractivity contribution in [3.05, 3.63) is 45.9 Å². The average molecular weight is 231 g/mol. The van der Waals surface area contributed by atoms with Crippen LogP contribution >= 0.6 is 0 Å². The molecule has 0 atom stereocenters. The maximum atomic E-state index is 11.8. The van der Waals surface area contributed by atoms with Gasteiger partial charge >= 0.3 is 5.97 Å². The van der Waals surface area contributed by atoms with Crippen LogP contribution in [0.1, 0.15) is 35.8 Å². The van der Waals surface area contributed by atoms with E-state index in [0.717, 1.165) is 5.56 Å².